The van der Waals surface area contributed by atoms with Gasteiger partial charge in [0.2, 0.25) is 0 Å². The zero-order valence-corrected chi connectivity index (χ0v) is 30.2. The zero-order valence-electron chi connectivity index (χ0n) is 28.0. The van der Waals surface area contributed by atoms with Crippen molar-refractivity contribution >= 4 is 43.6 Å². The van der Waals surface area contributed by atoms with Gasteiger partial charge in [-0.1, -0.05) is 94.7 Å². The molecule has 0 atom stereocenters. The molecule has 0 spiro atoms. The van der Waals surface area contributed by atoms with E-state index in [9.17, 15) is 0 Å². The largest absolute Gasteiger partial charge is 0.509 e. The molecule has 8 aromatic rings. The molecular formula is C43H36N3OPt-3. The van der Waals surface area contributed by atoms with E-state index in [0.717, 1.165) is 49.7 Å². The van der Waals surface area contributed by atoms with Crippen molar-refractivity contribution < 1.29 is 25.8 Å². The summed E-state index contributed by atoms with van der Waals surface area (Å²) in [6, 6.07) is 46.6. The van der Waals surface area contributed by atoms with Crippen LogP contribution < -0.4 is 4.74 Å². The number of nitrogens with zero attached hydrogens (tertiary/aromatic N) is 3. The van der Waals surface area contributed by atoms with Gasteiger partial charge in [-0.2, -0.15) is 35.9 Å². The van der Waals surface area contributed by atoms with E-state index >= 15 is 0 Å². The zero-order chi connectivity index (χ0) is 32.5. The van der Waals surface area contributed by atoms with Crippen LogP contribution in [0.2, 0.25) is 0 Å². The molecule has 0 aliphatic rings. The van der Waals surface area contributed by atoms with Gasteiger partial charge >= 0.3 is 0 Å². The minimum absolute atomic E-state index is 0. The van der Waals surface area contributed by atoms with Crippen LogP contribution in [0.25, 0.3) is 55.1 Å². The average molecular weight is 806 g/mol. The van der Waals surface area contributed by atoms with E-state index in [1.807, 2.05) is 24.4 Å². The summed E-state index contributed by atoms with van der Waals surface area (Å²) >= 11 is 0. The second-order valence-electron chi connectivity index (χ2n) is 14.3. The van der Waals surface area contributed by atoms with Gasteiger partial charge in [0, 0.05) is 49.8 Å². The van der Waals surface area contributed by atoms with E-state index in [1.165, 1.54) is 16.5 Å². The van der Waals surface area contributed by atoms with Crippen molar-refractivity contribution in [2.24, 2.45) is 0 Å². The third-order valence-electron chi connectivity index (χ3n) is 9.07. The number of aromatic nitrogens is 3. The monoisotopic (exact) mass is 805 g/mol. The number of ether oxygens (including phenoxy) is 1. The average Bonchev–Trinajstić information content (AvgIpc) is 3.56. The van der Waals surface area contributed by atoms with Crippen LogP contribution in [0.3, 0.4) is 0 Å². The molecule has 0 radical (unpaired) electrons. The van der Waals surface area contributed by atoms with Crippen molar-refractivity contribution in [3.8, 4) is 23.0 Å². The Morgan fingerprint density at radius 3 is 1.73 bits per heavy atom. The maximum atomic E-state index is 6.56. The van der Waals surface area contributed by atoms with Gasteiger partial charge in [-0.15, -0.1) is 41.1 Å². The fourth-order valence-corrected chi connectivity index (χ4v) is 6.53. The number of para-hydroxylation sites is 2. The maximum absolute atomic E-state index is 6.56. The summed E-state index contributed by atoms with van der Waals surface area (Å²) in [7, 11) is 0. The van der Waals surface area contributed by atoms with Gasteiger partial charge in [0.05, 0.1) is 0 Å². The predicted molar refractivity (Wildman–Crippen MR) is 193 cm³/mol. The first-order valence-electron chi connectivity index (χ1n) is 16.1. The second-order valence-corrected chi connectivity index (χ2v) is 14.3. The van der Waals surface area contributed by atoms with E-state index < -0.39 is 0 Å². The van der Waals surface area contributed by atoms with Crippen LogP contribution in [0.4, 0.5) is 0 Å². The number of benzene rings is 5. The van der Waals surface area contributed by atoms with Gasteiger partial charge in [-0.05, 0) is 51.4 Å². The summed E-state index contributed by atoms with van der Waals surface area (Å²) in [5, 5.41) is 4.54. The van der Waals surface area contributed by atoms with Gasteiger partial charge in [-0.25, -0.2) is 4.98 Å². The SMILES string of the molecule is CC(C)(C)c1cc[c-]c(-n2c3[c-]c(Oc4[c-]c5c(cc4)c4ccccc4n5-c4cc(C(C)(C)C)ccn4)ccc3c3ccccc32)c1.[Pt]. The van der Waals surface area contributed by atoms with E-state index in [1.54, 1.807) is 0 Å². The van der Waals surface area contributed by atoms with Gasteiger partial charge in [0.15, 0.2) is 0 Å². The Labute approximate surface area is 296 Å². The Morgan fingerprint density at radius 1 is 0.583 bits per heavy atom. The molecule has 3 aromatic heterocycles. The molecule has 0 bridgehead atoms. The van der Waals surface area contributed by atoms with Crippen molar-refractivity contribution in [1.29, 1.82) is 0 Å². The van der Waals surface area contributed by atoms with Gasteiger partial charge in [0.1, 0.15) is 5.82 Å². The molecule has 0 N–H and O–H groups in total. The molecule has 8 rings (SSSR count). The topological polar surface area (TPSA) is 32.0 Å². The molecule has 4 nitrogen and oxygen atoms in total. The smallest absolute Gasteiger partial charge is 0.135 e. The first-order chi connectivity index (χ1) is 22.6. The molecule has 0 saturated heterocycles. The molecule has 48 heavy (non-hydrogen) atoms. The minimum Gasteiger partial charge on any atom is -0.509 e. The Balaban J connectivity index is 0.00000364. The van der Waals surface area contributed by atoms with Gasteiger partial charge < -0.3 is 13.9 Å². The summed E-state index contributed by atoms with van der Waals surface area (Å²) in [5.41, 5.74) is 7.55. The molecule has 0 fully saturated rings. The van der Waals surface area contributed by atoms with Crippen molar-refractivity contribution in [2.75, 3.05) is 0 Å². The standard InChI is InChI=1S/C43H36N3O.Pt/c1-42(2,3)28-12-11-13-30(24-28)45-37-16-9-7-14-33(37)35-20-18-31(26-39(35)45)47-32-19-21-36-34-15-8-10-17-38(34)46(40(36)27-32)41-25-29(22-23-44-41)43(4,5)6;/h7-12,14-25H,1-6H3;/q-3;. The predicted octanol–water partition coefficient (Wildman–Crippen LogP) is 11.1. The second kappa shape index (κ2) is 11.8. The summed E-state index contributed by atoms with van der Waals surface area (Å²) in [6.07, 6.45) is 1.90. The minimum atomic E-state index is -0.00277. The van der Waals surface area contributed by atoms with E-state index in [4.69, 9.17) is 9.72 Å². The molecular weight excluding hydrogens is 770 g/mol. The van der Waals surface area contributed by atoms with Crippen molar-refractivity contribution in [1.82, 2.24) is 14.1 Å². The molecule has 5 heteroatoms. The first kappa shape index (κ1) is 31.9. The maximum Gasteiger partial charge on any atom is 0.135 e. The molecule has 242 valence electrons. The molecule has 5 aromatic carbocycles. The van der Waals surface area contributed by atoms with Crippen LogP contribution in [0, 0.1) is 18.2 Å². The van der Waals surface area contributed by atoms with Crippen LogP contribution in [-0.2, 0) is 31.9 Å². The third kappa shape index (κ3) is 5.43. The number of hydrogen-bond donors (Lipinski definition) is 0. The first-order valence-corrected chi connectivity index (χ1v) is 16.1. The fraction of sp³-hybridized carbons (Fsp3) is 0.186. The van der Waals surface area contributed by atoms with E-state index in [0.29, 0.717) is 11.5 Å². The Morgan fingerprint density at radius 2 is 1.12 bits per heavy atom. The molecule has 0 aliphatic carbocycles. The van der Waals surface area contributed by atoms with E-state index in [2.05, 4.69) is 154 Å². The number of rotatable bonds is 4. The van der Waals surface area contributed by atoms with Crippen LogP contribution >= 0.6 is 0 Å². The summed E-state index contributed by atoms with van der Waals surface area (Å²) in [6.45, 7) is 13.4. The number of pyridine rings is 1. The molecule has 0 aliphatic heterocycles. The normalized spacial score (nSPS) is 12.2. The third-order valence-corrected chi connectivity index (χ3v) is 9.07. The van der Waals surface area contributed by atoms with Crippen molar-refractivity contribution in [2.45, 2.75) is 52.4 Å². The van der Waals surface area contributed by atoms with Crippen LogP contribution in [-0.4, -0.2) is 14.1 Å². The summed E-state index contributed by atoms with van der Waals surface area (Å²) in [4.78, 5) is 4.81. The summed E-state index contributed by atoms with van der Waals surface area (Å²) in [5.74, 6) is 2.11. The molecule has 0 amide bonds. The quantitative estimate of drug-likeness (QED) is 0.166. The van der Waals surface area contributed by atoms with Crippen LogP contribution in [0.15, 0.2) is 109 Å². The number of hydrogen-bond acceptors (Lipinski definition) is 2. The molecule has 0 unspecified atom stereocenters. The Hall–Kier alpha value is -4.66. The van der Waals surface area contributed by atoms with Gasteiger partial charge in [0.25, 0.3) is 0 Å². The molecule has 3 heterocycles. The Kier molecular flexibility index (Phi) is 7.84. The van der Waals surface area contributed by atoms with Crippen molar-refractivity contribution in [3.63, 3.8) is 0 Å². The van der Waals surface area contributed by atoms with Gasteiger partial charge in [-0.3, -0.25) is 0 Å². The van der Waals surface area contributed by atoms with Crippen molar-refractivity contribution in [3.05, 3.63) is 139 Å². The van der Waals surface area contributed by atoms with Crippen LogP contribution in [0.1, 0.15) is 52.7 Å². The van der Waals surface area contributed by atoms with Crippen LogP contribution in [0.5, 0.6) is 11.5 Å². The summed E-state index contributed by atoms with van der Waals surface area (Å²) < 4.78 is 11.0. The molecule has 0 saturated carbocycles. The van der Waals surface area contributed by atoms with E-state index in [-0.39, 0.29) is 31.9 Å². The Bertz CT molecular complexity index is 2300. The fourth-order valence-electron chi connectivity index (χ4n) is 6.53. The number of fused-ring (bicyclic) bond motifs is 6.